The van der Waals surface area contributed by atoms with Gasteiger partial charge < -0.3 is 16.2 Å². The highest BCUT2D eigenvalue weighted by atomic mass is 16.4. The van der Waals surface area contributed by atoms with Gasteiger partial charge in [-0.3, -0.25) is 9.59 Å². The molecule has 88 valence electrons. The van der Waals surface area contributed by atoms with Crippen molar-refractivity contribution < 1.29 is 14.7 Å². The van der Waals surface area contributed by atoms with Crippen LogP contribution in [-0.4, -0.2) is 30.1 Å². The van der Waals surface area contributed by atoms with Crippen molar-refractivity contribution in [3.05, 3.63) is 0 Å². The van der Waals surface area contributed by atoms with E-state index in [1.165, 1.54) is 0 Å². The number of carbonyl (C=O) groups is 2. The fourth-order valence-corrected chi connectivity index (χ4v) is 1.20. The fraction of sp³-hybridized carbons (Fsp3) is 0.800. The summed E-state index contributed by atoms with van der Waals surface area (Å²) in [4.78, 5) is 21.4. The van der Waals surface area contributed by atoms with Crippen molar-refractivity contribution in [3.8, 4) is 0 Å². The molecule has 0 saturated heterocycles. The minimum atomic E-state index is -0.896. The van der Waals surface area contributed by atoms with Crippen LogP contribution >= 0.6 is 0 Å². The van der Waals surface area contributed by atoms with Crippen LogP contribution in [0.3, 0.4) is 0 Å². The molecule has 0 radical (unpaired) electrons. The van der Waals surface area contributed by atoms with Gasteiger partial charge in [0.05, 0.1) is 6.42 Å². The number of aliphatic carboxylic acids is 1. The quantitative estimate of drug-likeness (QED) is 0.545. The molecule has 0 heterocycles. The molecule has 5 nitrogen and oxygen atoms in total. The summed E-state index contributed by atoms with van der Waals surface area (Å²) in [5.74, 6) is -0.535. The molecule has 0 rings (SSSR count). The lowest BCUT2D eigenvalue weighted by atomic mass is 10.0. The Labute approximate surface area is 90.0 Å². The van der Waals surface area contributed by atoms with Crippen LogP contribution in [0.2, 0.25) is 0 Å². The Bertz CT molecular complexity index is 207. The van der Waals surface area contributed by atoms with Gasteiger partial charge in [-0.2, -0.15) is 0 Å². The molecule has 0 fully saturated rings. The Hall–Kier alpha value is -1.10. The molecule has 0 saturated carbocycles. The van der Waals surface area contributed by atoms with Crippen LogP contribution in [0.4, 0.5) is 0 Å². The second kappa shape index (κ2) is 8.23. The van der Waals surface area contributed by atoms with E-state index in [0.29, 0.717) is 18.9 Å². The molecule has 0 spiro atoms. The van der Waals surface area contributed by atoms with Gasteiger partial charge in [0.2, 0.25) is 5.91 Å². The maximum Gasteiger partial charge on any atom is 0.305 e. The number of hydrogen-bond donors (Lipinski definition) is 3. The van der Waals surface area contributed by atoms with Crippen LogP contribution in [0.15, 0.2) is 0 Å². The molecule has 0 aromatic rings. The fourth-order valence-electron chi connectivity index (χ4n) is 1.20. The number of hydrogen-bond acceptors (Lipinski definition) is 3. The average Bonchev–Trinajstić information content (AvgIpc) is 2.14. The van der Waals surface area contributed by atoms with E-state index in [1.807, 2.05) is 0 Å². The summed E-state index contributed by atoms with van der Waals surface area (Å²) >= 11 is 0. The van der Waals surface area contributed by atoms with Gasteiger partial charge in [0, 0.05) is 13.0 Å². The normalized spacial score (nSPS) is 12.1. The van der Waals surface area contributed by atoms with Gasteiger partial charge in [0.15, 0.2) is 0 Å². The van der Waals surface area contributed by atoms with Gasteiger partial charge in [-0.05, 0) is 25.3 Å². The lowest BCUT2D eigenvalue weighted by Crippen LogP contribution is -2.26. The van der Waals surface area contributed by atoms with Crippen LogP contribution in [0.1, 0.15) is 32.6 Å². The number of nitrogens with one attached hydrogen (secondary N) is 1. The number of carbonyl (C=O) groups excluding carboxylic acids is 1. The number of amides is 1. The van der Waals surface area contributed by atoms with Crippen LogP contribution in [0.25, 0.3) is 0 Å². The third kappa shape index (κ3) is 9.21. The van der Waals surface area contributed by atoms with E-state index in [1.54, 1.807) is 0 Å². The Morgan fingerprint density at radius 1 is 1.33 bits per heavy atom. The molecule has 0 aliphatic carbocycles. The standard InChI is InChI=1S/C10H20N2O3/c1-8(4-6-11)2-3-9(13)12-7-5-10(14)15/h8H,2-7,11H2,1H3,(H,12,13)(H,14,15). The molecule has 0 aromatic heterocycles. The molecule has 0 aliphatic rings. The van der Waals surface area contributed by atoms with Gasteiger partial charge in [0.1, 0.15) is 0 Å². The van der Waals surface area contributed by atoms with E-state index in [9.17, 15) is 9.59 Å². The Kier molecular flexibility index (Phi) is 7.62. The van der Waals surface area contributed by atoms with Crippen molar-refractivity contribution in [2.45, 2.75) is 32.6 Å². The molecule has 1 unspecified atom stereocenters. The molecule has 4 N–H and O–H groups in total. The van der Waals surface area contributed by atoms with E-state index < -0.39 is 5.97 Å². The zero-order chi connectivity index (χ0) is 11.7. The maximum absolute atomic E-state index is 11.2. The number of carboxylic acid groups (broad SMARTS) is 1. The van der Waals surface area contributed by atoms with Gasteiger partial charge >= 0.3 is 5.97 Å². The summed E-state index contributed by atoms with van der Waals surface area (Å²) < 4.78 is 0. The molecule has 15 heavy (non-hydrogen) atoms. The van der Waals surface area contributed by atoms with Crippen molar-refractivity contribution >= 4 is 11.9 Å². The van der Waals surface area contributed by atoms with Crippen LogP contribution in [0, 0.1) is 5.92 Å². The highest BCUT2D eigenvalue weighted by Crippen LogP contribution is 2.08. The summed E-state index contributed by atoms with van der Waals surface area (Å²) in [5.41, 5.74) is 5.38. The smallest absolute Gasteiger partial charge is 0.305 e. The Morgan fingerprint density at radius 2 is 2.00 bits per heavy atom. The summed E-state index contributed by atoms with van der Waals surface area (Å²) in [6, 6.07) is 0. The first-order valence-corrected chi connectivity index (χ1v) is 5.24. The number of rotatable bonds is 8. The second-order valence-electron chi connectivity index (χ2n) is 3.71. The molecular weight excluding hydrogens is 196 g/mol. The Balaban J connectivity index is 3.44. The van der Waals surface area contributed by atoms with Crippen molar-refractivity contribution in [2.24, 2.45) is 11.7 Å². The zero-order valence-electron chi connectivity index (χ0n) is 9.16. The minimum Gasteiger partial charge on any atom is -0.481 e. The lowest BCUT2D eigenvalue weighted by molar-refractivity contribution is -0.136. The van der Waals surface area contributed by atoms with E-state index in [2.05, 4.69) is 12.2 Å². The minimum absolute atomic E-state index is 0.0237. The molecular formula is C10H20N2O3. The predicted octanol–water partition coefficient (Wildman–Crippen LogP) is 0.342. The van der Waals surface area contributed by atoms with Crippen LogP contribution in [0.5, 0.6) is 0 Å². The third-order valence-corrected chi connectivity index (χ3v) is 2.18. The Morgan fingerprint density at radius 3 is 2.53 bits per heavy atom. The summed E-state index contributed by atoms with van der Waals surface area (Å²) in [5, 5.41) is 10.9. The monoisotopic (exact) mass is 216 g/mol. The second-order valence-corrected chi connectivity index (χ2v) is 3.71. The first-order chi connectivity index (χ1) is 7.06. The predicted molar refractivity (Wildman–Crippen MR) is 57.3 cm³/mol. The van der Waals surface area contributed by atoms with Gasteiger partial charge in [-0.25, -0.2) is 0 Å². The number of nitrogens with two attached hydrogens (primary N) is 1. The average molecular weight is 216 g/mol. The molecule has 1 atom stereocenters. The highest BCUT2D eigenvalue weighted by Gasteiger charge is 2.06. The third-order valence-electron chi connectivity index (χ3n) is 2.18. The van der Waals surface area contributed by atoms with Crippen molar-refractivity contribution in [1.82, 2.24) is 5.32 Å². The summed E-state index contributed by atoms with van der Waals surface area (Å²) in [6.45, 7) is 2.90. The van der Waals surface area contributed by atoms with Crippen molar-refractivity contribution in [3.63, 3.8) is 0 Å². The van der Waals surface area contributed by atoms with Crippen molar-refractivity contribution in [2.75, 3.05) is 13.1 Å². The summed E-state index contributed by atoms with van der Waals surface area (Å²) in [6.07, 6.45) is 2.14. The van der Waals surface area contributed by atoms with E-state index in [-0.39, 0.29) is 18.9 Å². The molecule has 5 heteroatoms. The largest absolute Gasteiger partial charge is 0.481 e. The molecule has 1 amide bonds. The topological polar surface area (TPSA) is 92.4 Å². The van der Waals surface area contributed by atoms with Gasteiger partial charge in [-0.1, -0.05) is 6.92 Å². The zero-order valence-corrected chi connectivity index (χ0v) is 9.16. The van der Waals surface area contributed by atoms with E-state index in [0.717, 1.165) is 12.8 Å². The first kappa shape index (κ1) is 13.9. The maximum atomic E-state index is 11.2. The highest BCUT2D eigenvalue weighted by molar-refractivity contribution is 5.76. The van der Waals surface area contributed by atoms with Crippen molar-refractivity contribution in [1.29, 1.82) is 0 Å². The molecule has 0 bridgehead atoms. The first-order valence-electron chi connectivity index (χ1n) is 5.24. The SMILES string of the molecule is CC(CCN)CCC(=O)NCCC(=O)O. The van der Waals surface area contributed by atoms with Gasteiger partial charge in [-0.15, -0.1) is 0 Å². The van der Waals surface area contributed by atoms with E-state index >= 15 is 0 Å². The van der Waals surface area contributed by atoms with Gasteiger partial charge in [0.25, 0.3) is 0 Å². The van der Waals surface area contributed by atoms with Crippen LogP contribution < -0.4 is 11.1 Å². The number of carboxylic acids is 1. The van der Waals surface area contributed by atoms with E-state index in [4.69, 9.17) is 10.8 Å². The van der Waals surface area contributed by atoms with Crippen LogP contribution in [-0.2, 0) is 9.59 Å². The lowest BCUT2D eigenvalue weighted by Gasteiger charge is -2.09. The summed E-state index contributed by atoms with van der Waals surface area (Å²) in [7, 11) is 0. The molecule has 0 aliphatic heterocycles. The molecule has 0 aromatic carbocycles.